The third-order valence-electron chi connectivity index (χ3n) is 7.13. The Labute approximate surface area is 185 Å². The lowest BCUT2D eigenvalue weighted by molar-refractivity contribution is 0.0670. The second-order valence-corrected chi connectivity index (χ2v) is 9.16. The van der Waals surface area contributed by atoms with Crippen molar-refractivity contribution >= 4 is 6.09 Å². The normalized spacial score (nSPS) is 23.6. The summed E-state index contributed by atoms with van der Waals surface area (Å²) in [4.78, 5) is 19.4. The molecule has 1 atom stereocenters. The predicted octanol–water partition coefficient (Wildman–Crippen LogP) is 4.16. The van der Waals surface area contributed by atoms with Gasteiger partial charge in [0.15, 0.2) is 0 Å². The molecule has 3 fully saturated rings. The molecule has 5 nitrogen and oxygen atoms in total. The van der Waals surface area contributed by atoms with Crippen LogP contribution in [0.2, 0.25) is 0 Å². The van der Waals surface area contributed by atoms with E-state index in [2.05, 4.69) is 70.5 Å². The second kappa shape index (κ2) is 9.41. The molecule has 0 spiro atoms. The molecular weight excluding hydrogens is 386 g/mol. The van der Waals surface area contributed by atoms with Crippen molar-refractivity contribution < 1.29 is 9.53 Å². The molecule has 1 saturated carbocycles. The zero-order valence-corrected chi connectivity index (χ0v) is 18.2. The molecule has 0 N–H and O–H groups in total. The fraction of sp³-hybridized carbons (Fsp3) is 0.500. The SMILES string of the molecule is O=C1O[C@@H](CN2CCN(C(c3ccccc3)c3ccccc3)CC2)CN1C1CCCC1. The summed E-state index contributed by atoms with van der Waals surface area (Å²) in [6, 6.07) is 22.3. The maximum absolute atomic E-state index is 12.3. The van der Waals surface area contributed by atoms with Gasteiger partial charge in [0.2, 0.25) is 0 Å². The summed E-state index contributed by atoms with van der Waals surface area (Å²) in [7, 11) is 0. The van der Waals surface area contributed by atoms with Crippen molar-refractivity contribution in [1.29, 1.82) is 0 Å². The lowest BCUT2D eigenvalue weighted by Crippen LogP contribution is -2.50. The van der Waals surface area contributed by atoms with Crippen molar-refractivity contribution in [3.63, 3.8) is 0 Å². The molecule has 0 aromatic heterocycles. The lowest BCUT2D eigenvalue weighted by Gasteiger charge is -2.40. The van der Waals surface area contributed by atoms with Crippen LogP contribution in [0.4, 0.5) is 4.79 Å². The summed E-state index contributed by atoms with van der Waals surface area (Å²) in [5.41, 5.74) is 2.69. The minimum absolute atomic E-state index is 0.0127. The number of hydrogen-bond acceptors (Lipinski definition) is 4. The van der Waals surface area contributed by atoms with E-state index in [4.69, 9.17) is 4.74 Å². The molecule has 5 heteroatoms. The summed E-state index contributed by atoms with van der Waals surface area (Å²) in [5.74, 6) is 0. The third-order valence-corrected chi connectivity index (χ3v) is 7.13. The van der Waals surface area contributed by atoms with E-state index in [-0.39, 0.29) is 18.2 Å². The van der Waals surface area contributed by atoms with Gasteiger partial charge < -0.3 is 9.64 Å². The first kappa shape index (κ1) is 20.5. The average molecular weight is 420 g/mol. The van der Waals surface area contributed by atoms with E-state index in [1.54, 1.807) is 0 Å². The van der Waals surface area contributed by atoms with Crippen LogP contribution >= 0.6 is 0 Å². The Balaban J connectivity index is 1.20. The van der Waals surface area contributed by atoms with Crippen molar-refractivity contribution in [3.05, 3.63) is 71.8 Å². The van der Waals surface area contributed by atoms with Crippen molar-refractivity contribution in [2.45, 2.75) is 43.9 Å². The van der Waals surface area contributed by atoms with Crippen molar-refractivity contribution in [2.24, 2.45) is 0 Å². The molecule has 2 aliphatic heterocycles. The molecule has 1 aliphatic carbocycles. The molecule has 2 aromatic carbocycles. The van der Waals surface area contributed by atoms with Crippen molar-refractivity contribution in [3.8, 4) is 0 Å². The predicted molar refractivity (Wildman–Crippen MR) is 122 cm³/mol. The van der Waals surface area contributed by atoms with Crippen LogP contribution in [0.25, 0.3) is 0 Å². The second-order valence-electron chi connectivity index (χ2n) is 9.16. The van der Waals surface area contributed by atoms with Gasteiger partial charge in [0.1, 0.15) is 6.10 Å². The fourth-order valence-corrected chi connectivity index (χ4v) is 5.53. The van der Waals surface area contributed by atoms with Gasteiger partial charge in [-0.3, -0.25) is 9.80 Å². The van der Waals surface area contributed by atoms with Gasteiger partial charge in [-0.25, -0.2) is 4.79 Å². The van der Waals surface area contributed by atoms with Gasteiger partial charge in [0.25, 0.3) is 0 Å². The third kappa shape index (κ3) is 4.63. The number of ether oxygens (including phenoxy) is 1. The maximum Gasteiger partial charge on any atom is 0.410 e. The van der Waals surface area contributed by atoms with Crippen molar-refractivity contribution in [1.82, 2.24) is 14.7 Å². The molecule has 0 bridgehead atoms. The number of carbonyl (C=O) groups excluding carboxylic acids is 1. The standard InChI is InChI=1S/C26H33N3O2/c30-26-29(23-13-7-8-14-23)20-24(31-26)19-27-15-17-28(18-16-27)25(21-9-3-1-4-10-21)22-11-5-2-6-12-22/h1-6,9-12,23-25H,7-8,13-20H2/t24-/m0/s1. The molecule has 0 unspecified atom stereocenters. The number of carbonyl (C=O) groups is 1. The highest BCUT2D eigenvalue weighted by atomic mass is 16.6. The first-order valence-corrected chi connectivity index (χ1v) is 11.8. The van der Waals surface area contributed by atoms with E-state index in [9.17, 15) is 4.79 Å². The van der Waals surface area contributed by atoms with Crippen LogP contribution in [0.3, 0.4) is 0 Å². The summed E-state index contributed by atoms with van der Waals surface area (Å²) in [6.07, 6.45) is 4.68. The van der Waals surface area contributed by atoms with Crippen molar-refractivity contribution in [2.75, 3.05) is 39.3 Å². The van der Waals surface area contributed by atoms with E-state index in [1.165, 1.54) is 24.0 Å². The molecule has 2 aromatic rings. The van der Waals surface area contributed by atoms with Gasteiger partial charge in [-0.1, -0.05) is 73.5 Å². The number of rotatable bonds is 6. The summed E-state index contributed by atoms with van der Waals surface area (Å²) >= 11 is 0. The molecule has 31 heavy (non-hydrogen) atoms. The maximum atomic E-state index is 12.3. The molecule has 2 heterocycles. The van der Waals surface area contributed by atoms with Crippen LogP contribution in [0, 0.1) is 0 Å². The number of amides is 1. The molecular formula is C26H33N3O2. The van der Waals surface area contributed by atoms with E-state index < -0.39 is 0 Å². The number of piperazine rings is 1. The lowest BCUT2D eigenvalue weighted by atomic mass is 9.96. The number of benzene rings is 2. The summed E-state index contributed by atoms with van der Waals surface area (Å²) in [6.45, 7) is 5.66. The van der Waals surface area contributed by atoms with E-state index in [1.807, 2.05) is 4.90 Å². The Morgan fingerprint density at radius 1 is 0.839 bits per heavy atom. The number of hydrogen-bond donors (Lipinski definition) is 0. The van der Waals surface area contributed by atoms with Gasteiger partial charge in [-0.2, -0.15) is 0 Å². The quantitative estimate of drug-likeness (QED) is 0.705. The van der Waals surface area contributed by atoms with Gasteiger partial charge >= 0.3 is 6.09 Å². The monoisotopic (exact) mass is 419 g/mol. The zero-order valence-electron chi connectivity index (χ0n) is 18.2. The van der Waals surface area contributed by atoms with Crippen LogP contribution in [0.15, 0.2) is 60.7 Å². The zero-order chi connectivity index (χ0) is 21.0. The highest BCUT2D eigenvalue weighted by molar-refractivity contribution is 5.70. The topological polar surface area (TPSA) is 36.0 Å². The highest BCUT2D eigenvalue weighted by Gasteiger charge is 2.38. The minimum atomic E-state index is -0.0937. The molecule has 2 saturated heterocycles. The molecule has 0 radical (unpaired) electrons. The van der Waals surface area contributed by atoms with E-state index in [0.29, 0.717) is 6.04 Å². The molecule has 1 amide bonds. The van der Waals surface area contributed by atoms with Crippen LogP contribution in [-0.2, 0) is 4.74 Å². The Bertz CT molecular complexity index is 806. The smallest absolute Gasteiger partial charge is 0.410 e. The fourth-order valence-electron chi connectivity index (χ4n) is 5.53. The Morgan fingerprint density at radius 3 is 2.00 bits per heavy atom. The molecule has 5 rings (SSSR count). The van der Waals surface area contributed by atoms with Gasteiger partial charge in [-0.15, -0.1) is 0 Å². The van der Waals surface area contributed by atoms with Gasteiger partial charge in [0, 0.05) is 38.8 Å². The Hall–Kier alpha value is -2.37. The average Bonchev–Trinajstić information content (AvgIpc) is 3.46. The van der Waals surface area contributed by atoms with E-state index in [0.717, 1.165) is 52.1 Å². The first-order valence-electron chi connectivity index (χ1n) is 11.8. The Morgan fingerprint density at radius 2 is 1.42 bits per heavy atom. The van der Waals surface area contributed by atoms with E-state index >= 15 is 0 Å². The molecule has 3 aliphatic rings. The minimum Gasteiger partial charge on any atom is -0.443 e. The van der Waals surface area contributed by atoms with Crippen LogP contribution < -0.4 is 0 Å². The summed E-state index contributed by atoms with van der Waals surface area (Å²) in [5, 5.41) is 0. The van der Waals surface area contributed by atoms with Crippen LogP contribution in [0.5, 0.6) is 0 Å². The molecule has 164 valence electrons. The summed E-state index contributed by atoms with van der Waals surface area (Å²) < 4.78 is 5.73. The van der Waals surface area contributed by atoms with Gasteiger partial charge in [-0.05, 0) is 24.0 Å². The van der Waals surface area contributed by atoms with Gasteiger partial charge in [0.05, 0.1) is 12.6 Å². The van der Waals surface area contributed by atoms with Crippen LogP contribution in [0.1, 0.15) is 42.9 Å². The largest absolute Gasteiger partial charge is 0.443 e. The Kier molecular flexibility index (Phi) is 6.23. The highest BCUT2D eigenvalue weighted by Crippen LogP contribution is 2.30. The number of cyclic esters (lactones) is 1. The number of nitrogens with zero attached hydrogens (tertiary/aromatic N) is 3. The first-order chi connectivity index (χ1) is 15.3. The van der Waals surface area contributed by atoms with Crippen LogP contribution in [-0.4, -0.2) is 72.2 Å².